The van der Waals surface area contributed by atoms with Crippen molar-refractivity contribution in [3.05, 3.63) is 59.7 Å². The molecule has 1 unspecified atom stereocenters. The van der Waals surface area contributed by atoms with Crippen molar-refractivity contribution >= 4 is 17.2 Å². The summed E-state index contributed by atoms with van der Waals surface area (Å²) in [6, 6.07) is 17.7. The van der Waals surface area contributed by atoms with Crippen LogP contribution in [0.1, 0.15) is 43.4 Å². The van der Waals surface area contributed by atoms with Crippen LogP contribution in [0.3, 0.4) is 0 Å². The smallest absolute Gasteiger partial charge is 0.109 e. The van der Waals surface area contributed by atoms with Gasteiger partial charge < -0.3 is 16.0 Å². The van der Waals surface area contributed by atoms with E-state index in [1.54, 1.807) is 0 Å². The summed E-state index contributed by atoms with van der Waals surface area (Å²) in [5.74, 6) is 1.52. The first-order valence-corrected chi connectivity index (χ1v) is 9.49. The summed E-state index contributed by atoms with van der Waals surface area (Å²) in [6.07, 6.45) is 1.05. The Kier molecular flexibility index (Phi) is 4.23. The maximum atomic E-state index is 5.76. The molecule has 0 amide bonds. The van der Waals surface area contributed by atoms with Crippen molar-refractivity contribution in [3.63, 3.8) is 0 Å². The van der Waals surface area contributed by atoms with Gasteiger partial charge in [0.25, 0.3) is 0 Å². The van der Waals surface area contributed by atoms with E-state index >= 15 is 0 Å². The summed E-state index contributed by atoms with van der Waals surface area (Å²) in [5, 5.41) is 3.63. The normalized spacial score (nSPS) is 28.6. The molecule has 0 saturated heterocycles. The number of amidine groups is 1. The fraction of sp³-hybridized carbons (Fsp3) is 0.409. The number of hydrogen-bond acceptors (Lipinski definition) is 3. The molecule has 26 heavy (non-hydrogen) atoms. The van der Waals surface area contributed by atoms with Gasteiger partial charge >= 0.3 is 0 Å². The molecule has 136 valence electrons. The fourth-order valence-corrected chi connectivity index (χ4v) is 4.94. The predicted molar refractivity (Wildman–Crippen MR) is 110 cm³/mol. The van der Waals surface area contributed by atoms with E-state index in [9.17, 15) is 0 Å². The fourth-order valence-electron chi connectivity index (χ4n) is 4.94. The van der Waals surface area contributed by atoms with E-state index in [-0.39, 0.29) is 11.5 Å². The zero-order valence-corrected chi connectivity index (χ0v) is 15.9. The first kappa shape index (κ1) is 17.1. The Morgan fingerprint density at radius 3 is 2.62 bits per heavy atom. The SMILES string of the molecule is CC1C[C@]2(C)C(=NCCN)Nc3ccccc3[C@@H]2N(C)c2ccccc21. The number of fused-ring (bicyclic) bond motifs is 4. The van der Waals surface area contributed by atoms with Crippen molar-refractivity contribution in [2.24, 2.45) is 16.1 Å². The molecule has 2 heterocycles. The molecular weight excluding hydrogens is 320 g/mol. The van der Waals surface area contributed by atoms with Crippen LogP contribution >= 0.6 is 0 Å². The van der Waals surface area contributed by atoms with Crippen molar-refractivity contribution in [1.29, 1.82) is 0 Å². The van der Waals surface area contributed by atoms with Crippen molar-refractivity contribution in [1.82, 2.24) is 0 Å². The van der Waals surface area contributed by atoms with Crippen molar-refractivity contribution in [2.45, 2.75) is 32.2 Å². The van der Waals surface area contributed by atoms with Crippen LogP contribution in [-0.4, -0.2) is 26.0 Å². The lowest BCUT2D eigenvalue weighted by Crippen LogP contribution is -2.49. The van der Waals surface area contributed by atoms with Crippen LogP contribution in [0.25, 0.3) is 0 Å². The van der Waals surface area contributed by atoms with Gasteiger partial charge in [0.1, 0.15) is 5.84 Å². The zero-order valence-electron chi connectivity index (χ0n) is 15.9. The van der Waals surface area contributed by atoms with E-state index in [4.69, 9.17) is 10.7 Å². The number of hydrogen-bond donors (Lipinski definition) is 2. The molecule has 0 radical (unpaired) electrons. The predicted octanol–water partition coefficient (Wildman–Crippen LogP) is 4.16. The second-order valence-electron chi connectivity index (χ2n) is 7.83. The highest BCUT2D eigenvalue weighted by atomic mass is 15.2. The van der Waals surface area contributed by atoms with Gasteiger partial charge in [0, 0.05) is 25.0 Å². The topological polar surface area (TPSA) is 53.6 Å². The Bertz CT molecular complexity index is 844. The molecule has 0 spiro atoms. The second-order valence-corrected chi connectivity index (χ2v) is 7.83. The molecule has 0 bridgehead atoms. The van der Waals surface area contributed by atoms with Gasteiger partial charge in [-0.3, -0.25) is 4.99 Å². The van der Waals surface area contributed by atoms with Gasteiger partial charge in [0.2, 0.25) is 0 Å². The van der Waals surface area contributed by atoms with Gasteiger partial charge in [0.15, 0.2) is 0 Å². The van der Waals surface area contributed by atoms with Gasteiger partial charge in [-0.1, -0.05) is 50.2 Å². The molecule has 0 aromatic heterocycles. The molecule has 3 atom stereocenters. The summed E-state index contributed by atoms with van der Waals surface area (Å²) in [7, 11) is 2.22. The van der Waals surface area contributed by atoms with Crippen molar-refractivity contribution < 1.29 is 0 Å². The Morgan fingerprint density at radius 1 is 1.15 bits per heavy atom. The number of nitrogens with zero attached hydrogens (tertiary/aromatic N) is 2. The first-order chi connectivity index (χ1) is 12.6. The highest BCUT2D eigenvalue weighted by molar-refractivity contribution is 6.04. The van der Waals surface area contributed by atoms with Gasteiger partial charge in [-0.2, -0.15) is 0 Å². The van der Waals surface area contributed by atoms with E-state index in [1.807, 2.05) is 0 Å². The molecular formula is C22H28N4. The van der Waals surface area contributed by atoms with Crippen LogP contribution in [0.2, 0.25) is 0 Å². The summed E-state index contributed by atoms with van der Waals surface area (Å²) in [6.45, 7) is 5.91. The lowest BCUT2D eigenvalue weighted by molar-refractivity contribution is 0.321. The number of benzene rings is 2. The molecule has 2 aliphatic rings. The molecule has 4 rings (SSSR count). The quantitative estimate of drug-likeness (QED) is 0.857. The lowest BCUT2D eigenvalue weighted by atomic mass is 9.69. The number of nitrogens with two attached hydrogens (primary N) is 1. The van der Waals surface area contributed by atoms with E-state index in [1.165, 1.54) is 16.8 Å². The van der Waals surface area contributed by atoms with Crippen LogP contribution in [0, 0.1) is 5.41 Å². The molecule has 3 N–H and O–H groups in total. The third-order valence-corrected chi connectivity index (χ3v) is 6.02. The molecule has 2 aliphatic heterocycles. The average Bonchev–Trinajstić information content (AvgIpc) is 2.73. The largest absolute Gasteiger partial charge is 0.366 e. The van der Waals surface area contributed by atoms with E-state index in [0.29, 0.717) is 19.0 Å². The maximum Gasteiger partial charge on any atom is 0.109 e. The van der Waals surface area contributed by atoms with Gasteiger partial charge in [-0.25, -0.2) is 0 Å². The van der Waals surface area contributed by atoms with Crippen LogP contribution in [-0.2, 0) is 0 Å². The minimum Gasteiger partial charge on any atom is -0.366 e. The standard InChI is InChI=1S/C22H28N4/c1-15-14-22(2)20(26(3)19-11-7-5-8-16(15)19)17-9-4-6-10-18(17)25-21(22)24-13-12-23/h4-11,15,20H,12-14,23H2,1-3H3,(H,24,25)/t15?,20-,22-/m0/s1. The maximum absolute atomic E-state index is 5.76. The molecule has 4 nitrogen and oxygen atoms in total. The van der Waals surface area contributed by atoms with E-state index in [2.05, 4.69) is 79.6 Å². The summed E-state index contributed by atoms with van der Waals surface area (Å²) < 4.78 is 0. The number of rotatable bonds is 2. The average molecular weight is 348 g/mol. The number of aliphatic imine (C=N–C) groups is 1. The van der Waals surface area contributed by atoms with Crippen molar-refractivity contribution in [2.75, 3.05) is 30.4 Å². The van der Waals surface area contributed by atoms with Gasteiger partial charge in [-0.05, 0) is 35.6 Å². The van der Waals surface area contributed by atoms with Crippen LogP contribution < -0.4 is 16.0 Å². The number of para-hydroxylation sites is 2. The lowest BCUT2D eigenvalue weighted by Gasteiger charge is -2.47. The van der Waals surface area contributed by atoms with Gasteiger partial charge in [0.05, 0.1) is 18.0 Å². The number of nitrogens with one attached hydrogen (secondary N) is 1. The Labute approximate surface area is 156 Å². The van der Waals surface area contributed by atoms with Crippen LogP contribution in [0.15, 0.2) is 53.5 Å². The molecule has 0 fully saturated rings. The Morgan fingerprint density at radius 2 is 1.85 bits per heavy atom. The molecule has 2 aromatic rings. The third-order valence-electron chi connectivity index (χ3n) is 6.02. The van der Waals surface area contributed by atoms with Crippen LogP contribution in [0.5, 0.6) is 0 Å². The minimum atomic E-state index is -0.100. The van der Waals surface area contributed by atoms with Gasteiger partial charge in [-0.15, -0.1) is 0 Å². The highest BCUT2D eigenvalue weighted by Crippen LogP contribution is 2.55. The Balaban J connectivity index is 1.94. The monoisotopic (exact) mass is 348 g/mol. The highest BCUT2D eigenvalue weighted by Gasteiger charge is 2.49. The molecule has 4 heteroatoms. The Hall–Kier alpha value is -2.33. The summed E-state index contributed by atoms with van der Waals surface area (Å²) in [5.41, 5.74) is 10.9. The van der Waals surface area contributed by atoms with Crippen LogP contribution in [0.4, 0.5) is 11.4 Å². The molecule has 2 aromatic carbocycles. The minimum absolute atomic E-state index is 0.100. The first-order valence-electron chi connectivity index (χ1n) is 9.49. The second kappa shape index (κ2) is 6.44. The van der Waals surface area contributed by atoms with E-state index < -0.39 is 0 Å². The van der Waals surface area contributed by atoms with E-state index in [0.717, 1.165) is 17.9 Å². The van der Waals surface area contributed by atoms with Crippen molar-refractivity contribution in [3.8, 4) is 0 Å². The summed E-state index contributed by atoms with van der Waals surface area (Å²) in [4.78, 5) is 7.34. The molecule has 0 saturated carbocycles. The molecule has 0 aliphatic carbocycles. The summed E-state index contributed by atoms with van der Waals surface area (Å²) >= 11 is 0. The zero-order chi connectivity index (χ0) is 18.3. The third kappa shape index (κ3) is 2.52. The number of anilines is 2.